The van der Waals surface area contributed by atoms with E-state index < -0.39 is 0 Å². The fraction of sp³-hybridized carbons (Fsp3) is 0.429. The minimum absolute atomic E-state index is 0.0855. The van der Waals surface area contributed by atoms with E-state index >= 15 is 0 Å². The Morgan fingerprint density at radius 3 is 2.53 bits per heavy atom. The van der Waals surface area contributed by atoms with Crippen molar-refractivity contribution in [3.05, 3.63) is 29.8 Å². The molecule has 0 saturated heterocycles. The van der Waals surface area contributed by atoms with Gasteiger partial charge in [-0.3, -0.25) is 0 Å². The number of terminal acetylenes is 1. The zero-order valence-corrected chi connectivity index (χ0v) is 10.3. The second-order valence-electron chi connectivity index (χ2n) is 4.03. The highest BCUT2D eigenvalue weighted by molar-refractivity contribution is 5.29. The van der Waals surface area contributed by atoms with Gasteiger partial charge < -0.3 is 15.2 Å². The molecule has 1 aromatic carbocycles. The van der Waals surface area contributed by atoms with Gasteiger partial charge in [-0.05, 0) is 31.5 Å². The molecule has 2 N–H and O–H groups in total. The van der Waals surface area contributed by atoms with E-state index in [-0.39, 0.29) is 25.3 Å². The lowest BCUT2D eigenvalue weighted by molar-refractivity contribution is 0.243. The van der Waals surface area contributed by atoms with Crippen LogP contribution in [0, 0.1) is 12.3 Å². The lowest BCUT2D eigenvalue weighted by Crippen LogP contribution is -2.31. The van der Waals surface area contributed by atoms with Crippen LogP contribution in [0.3, 0.4) is 0 Å². The molecule has 3 heteroatoms. The van der Waals surface area contributed by atoms with E-state index in [1.54, 1.807) is 0 Å². The number of aliphatic hydroxyl groups excluding tert-OH is 1. The Morgan fingerprint density at radius 2 is 2.00 bits per heavy atom. The van der Waals surface area contributed by atoms with E-state index in [2.05, 4.69) is 18.2 Å². The Hall–Kier alpha value is -1.50. The van der Waals surface area contributed by atoms with Crippen LogP contribution < -0.4 is 10.1 Å². The van der Waals surface area contributed by atoms with Crippen LogP contribution in [0.1, 0.15) is 25.5 Å². The molecule has 92 valence electrons. The minimum atomic E-state index is 0.0855. The third kappa shape index (κ3) is 4.48. The molecule has 0 bridgehead atoms. The van der Waals surface area contributed by atoms with Crippen molar-refractivity contribution in [3.8, 4) is 18.1 Å². The number of aliphatic hydroxyl groups is 1. The quantitative estimate of drug-likeness (QED) is 0.735. The number of benzene rings is 1. The molecule has 0 radical (unpaired) electrons. The summed E-state index contributed by atoms with van der Waals surface area (Å²) < 4.78 is 5.30. The van der Waals surface area contributed by atoms with Gasteiger partial charge in [0.25, 0.3) is 0 Å². The van der Waals surface area contributed by atoms with Gasteiger partial charge in [0.15, 0.2) is 0 Å². The molecule has 0 amide bonds. The van der Waals surface area contributed by atoms with Gasteiger partial charge in [-0.15, -0.1) is 6.42 Å². The maximum absolute atomic E-state index is 8.97. The van der Waals surface area contributed by atoms with E-state index in [1.165, 1.54) is 0 Å². The van der Waals surface area contributed by atoms with Crippen molar-refractivity contribution in [3.63, 3.8) is 0 Å². The molecule has 1 rings (SSSR count). The smallest absolute Gasteiger partial charge is 0.148 e. The van der Waals surface area contributed by atoms with Gasteiger partial charge in [-0.25, -0.2) is 0 Å². The minimum Gasteiger partial charge on any atom is -0.481 e. The number of ether oxygens (including phenoxy) is 1. The van der Waals surface area contributed by atoms with Crippen molar-refractivity contribution >= 4 is 0 Å². The maximum Gasteiger partial charge on any atom is 0.148 e. The number of nitrogens with one attached hydrogen (secondary N) is 1. The predicted octanol–water partition coefficient (Wildman–Crippen LogP) is 1.73. The third-order valence-electron chi connectivity index (χ3n) is 2.51. The normalized spacial score (nSPS) is 13.8. The first-order chi connectivity index (χ1) is 8.17. The number of rotatable bonds is 6. The molecule has 0 aliphatic heterocycles. The molecule has 0 aliphatic rings. The highest BCUT2D eigenvalue weighted by atomic mass is 16.5. The maximum atomic E-state index is 8.97. The van der Waals surface area contributed by atoms with Crippen LogP contribution in [0.5, 0.6) is 5.75 Å². The van der Waals surface area contributed by atoms with Crippen LogP contribution in [0.15, 0.2) is 24.3 Å². The first-order valence-electron chi connectivity index (χ1n) is 5.70. The van der Waals surface area contributed by atoms with Crippen molar-refractivity contribution in [2.45, 2.75) is 25.9 Å². The molecule has 0 fully saturated rings. The summed E-state index contributed by atoms with van der Waals surface area (Å²) in [4.78, 5) is 0. The fourth-order valence-electron chi connectivity index (χ4n) is 1.55. The standard InChI is InChI=1S/C14H19NO2/c1-4-9-17-14-7-5-13(6-8-14)12(3)15-11(2)10-16/h1,5-8,11-12,15-16H,9-10H2,2-3H3/t11-,12?/m1/s1. The van der Waals surface area contributed by atoms with Crippen molar-refractivity contribution < 1.29 is 9.84 Å². The van der Waals surface area contributed by atoms with Gasteiger partial charge in [0.1, 0.15) is 12.4 Å². The first-order valence-corrected chi connectivity index (χ1v) is 5.70. The lowest BCUT2D eigenvalue weighted by Gasteiger charge is -2.18. The summed E-state index contributed by atoms with van der Waals surface area (Å²) in [5.41, 5.74) is 1.15. The summed E-state index contributed by atoms with van der Waals surface area (Å²) in [7, 11) is 0. The van der Waals surface area contributed by atoms with Crippen LogP contribution >= 0.6 is 0 Å². The topological polar surface area (TPSA) is 41.5 Å². The second kappa shape index (κ2) is 6.95. The molecule has 0 spiro atoms. The van der Waals surface area contributed by atoms with E-state index in [1.807, 2.05) is 31.2 Å². The van der Waals surface area contributed by atoms with Gasteiger partial charge in [-0.2, -0.15) is 0 Å². The Labute approximate surface area is 103 Å². The summed E-state index contributed by atoms with van der Waals surface area (Å²) >= 11 is 0. The molecule has 1 unspecified atom stereocenters. The van der Waals surface area contributed by atoms with Crippen molar-refractivity contribution in [1.29, 1.82) is 0 Å². The van der Waals surface area contributed by atoms with Crippen LogP contribution in [-0.4, -0.2) is 24.4 Å². The van der Waals surface area contributed by atoms with Gasteiger partial charge >= 0.3 is 0 Å². The van der Waals surface area contributed by atoms with E-state index in [0.29, 0.717) is 0 Å². The Morgan fingerprint density at radius 1 is 1.35 bits per heavy atom. The Bertz CT molecular complexity index is 367. The summed E-state index contributed by atoms with van der Waals surface area (Å²) in [5.74, 6) is 3.20. The summed E-state index contributed by atoms with van der Waals surface area (Å²) in [6, 6.07) is 8.06. The van der Waals surface area contributed by atoms with Crippen molar-refractivity contribution in [2.75, 3.05) is 13.2 Å². The van der Waals surface area contributed by atoms with Gasteiger partial charge in [-0.1, -0.05) is 18.1 Å². The SMILES string of the molecule is C#CCOc1ccc(C(C)N[C@H](C)CO)cc1. The zero-order valence-electron chi connectivity index (χ0n) is 10.3. The summed E-state index contributed by atoms with van der Waals surface area (Å²) in [6.07, 6.45) is 5.12. The molecule has 17 heavy (non-hydrogen) atoms. The van der Waals surface area contributed by atoms with E-state index in [0.717, 1.165) is 11.3 Å². The Balaban J connectivity index is 2.58. The summed E-state index contributed by atoms with van der Waals surface area (Å²) in [5, 5.41) is 12.3. The number of hydrogen-bond acceptors (Lipinski definition) is 3. The van der Waals surface area contributed by atoms with E-state index in [9.17, 15) is 0 Å². The highest BCUT2D eigenvalue weighted by Crippen LogP contribution is 2.17. The lowest BCUT2D eigenvalue weighted by atomic mass is 10.1. The first kappa shape index (κ1) is 13.6. The van der Waals surface area contributed by atoms with Crippen LogP contribution in [0.25, 0.3) is 0 Å². The summed E-state index contributed by atoms with van der Waals surface area (Å²) in [6.45, 7) is 4.42. The Kier molecular flexibility index (Phi) is 5.55. The molecule has 0 saturated carbocycles. The fourth-order valence-corrected chi connectivity index (χ4v) is 1.55. The molecular weight excluding hydrogens is 214 g/mol. The highest BCUT2D eigenvalue weighted by Gasteiger charge is 2.08. The van der Waals surface area contributed by atoms with Crippen LogP contribution in [0.4, 0.5) is 0 Å². The molecule has 1 aromatic rings. The van der Waals surface area contributed by atoms with Crippen molar-refractivity contribution in [2.24, 2.45) is 0 Å². The predicted molar refractivity (Wildman–Crippen MR) is 68.9 cm³/mol. The second-order valence-corrected chi connectivity index (χ2v) is 4.03. The van der Waals surface area contributed by atoms with Crippen LogP contribution in [-0.2, 0) is 0 Å². The molecule has 0 heterocycles. The molecule has 3 nitrogen and oxygen atoms in total. The average Bonchev–Trinajstić information content (AvgIpc) is 2.36. The average molecular weight is 233 g/mol. The van der Waals surface area contributed by atoms with Crippen LogP contribution in [0.2, 0.25) is 0 Å². The monoisotopic (exact) mass is 233 g/mol. The number of hydrogen-bond donors (Lipinski definition) is 2. The van der Waals surface area contributed by atoms with Crippen molar-refractivity contribution in [1.82, 2.24) is 5.32 Å². The van der Waals surface area contributed by atoms with Gasteiger partial charge in [0.05, 0.1) is 6.61 Å². The molecule has 0 aromatic heterocycles. The molecule has 0 aliphatic carbocycles. The van der Waals surface area contributed by atoms with Gasteiger partial charge in [0, 0.05) is 12.1 Å². The molecular formula is C14H19NO2. The largest absolute Gasteiger partial charge is 0.481 e. The zero-order chi connectivity index (χ0) is 12.7. The third-order valence-corrected chi connectivity index (χ3v) is 2.51. The molecule has 2 atom stereocenters. The van der Waals surface area contributed by atoms with E-state index in [4.69, 9.17) is 16.3 Å². The van der Waals surface area contributed by atoms with Gasteiger partial charge in [0.2, 0.25) is 0 Å².